The normalized spacial score (nSPS) is 16.3. The fraction of sp³-hybridized carbons (Fsp3) is 0.667. The summed E-state index contributed by atoms with van der Waals surface area (Å²) in [5, 5.41) is 7.36. The van der Waals surface area contributed by atoms with Gasteiger partial charge >= 0.3 is 12.3 Å². The van der Waals surface area contributed by atoms with Crippen molar-refractivity contribution in [2.24, 2.45) is 0 Å². The minimum absolute atomic E-state index is 3.03. The van der Waals surface area contributed by atoms with E-state index in [4.69, 9.17) is 5.11 Å². The van der Waals surface area contributed by atoms with Crippen molar-refractivity contribution >= 4 is 0 Å². The highest BCUT2D eigenvalue weighted by Gasteiger charge is 2.47. The van der Waals surface area contributed by atoms with E-state index in [1.807, 2.05) is 0 Å². The molecule has 55 valence electrons. The van der Waals surface area contributed by atoms with Gasteiger partial charge in [0, 0.05) is 0 Å². The first kappa shape index (κ1) is 8.61. The van der Waals surface area contributed by atoms with Crippen molar-refractivity contribution in [2.45, 2.75) is 12.5 Å². The number of aliphatic hydroxyl groups excluding tert-OH is 1. The van der Waals surface area contributed by atoms with Crippen LogP contribution in [-0.2, 0) is 0 Å². The van der Waals surface area contributed by atoms with Gasteiger partial charge in [-0.1, -0.05) is 0 Å². The standard InChI is InChI=1S/C3H2F5O/c4-1(2(5)9)3(6,7)8/h2,9H. The van der Waals surface area contributed by atoms with Gasteiger partial charge in [0.15, 0.2) is 0 Å². The van der Waals surface area contributed by atoms with Gasteiger partial charge in [0.2, 0.25) is 6.36 Å². The molecule has 0 spiro atoms. The van der Waals surface area contributed by atoms with Crippen LogP contribution in [0.1, 0.15) is 0 Å². The third kappa shape index (κ3) is 2.59. The lowest BCUT2D eigenvalue weighted by molar-refractivity contribution is -0.174. The minimum atomic E-state index is -5.39. The zero-order chi connectivity index (χ0) is 7.65. The summed E-state index contributed by atoms with van der Waals surface area (Å²) in [5.74, 6) is 0. The molecule has 6 heteroatoms. The Morgan fingerprint density at radius 2 is 1.67 bits per heavy atom. The Kier molecular flexibility index (Phi) is 2.36. The van der Waals surface area contributed by atoms with Gasteiger partial charge in [0.05, 0.1) is 0 Å². The van der Waals surface area contributed by atoms with E-state index in [-0.39, 0.29) is 0 Å². The quantitative estimate of drug-likeness (QED) is 0.557. The molecule has 0 fully saturated rings. The average Bonchev–Trinajstić information content (AvgIpc) is 1.62. The Hall–Kier alpha value is -0.390. The SMILES string of the molecule is OC(F)[C](F)C(F)(F)F. The van der Waals surface area contributed by atoms with Gasteiger partial charge in [-0.05, 0) is 0 Å². The third-order valence-corrected chi connectivity index (χ3v) is 0.480. The Balaban J connectivity index is 3.88. The van der Waals surface area contributed by atoms with Crippen LogP contribution in [0.4, 0.5) is 22.0 Å². The van der Waals surface area contributed by atoms with Gasteiger partial charge in [-0.15, -0.1) is 0 Å². The van der Waals surface area contributed by atoms with E-state index in [0.717, 1.165) is 0 Å². The fourth-order valence-corrected chi connectivity index (χ4v) is 0.135. The fourth-order valence-electron chi connectivity index (χ4n) is 0.135. The van der Waals surface area contributed by atoms with Crippen LogP contribution in [0.15, 0.2) is 0 Å². The predicted octanol–water partition coefficient (Wildman–Crippen LogP) is 1.34. The molecule has 1 nitrogen and oxygen atoms in total. The van der Waals surface area contributed by atoms with E-state index < -0.39 is 18.7 Å². The van der Waals surface area contributed by atoms with Gasteiger partial charge in [-0.2, -0.15) is 13.2 Å². The summed E-state index contributed by atoms with van der Waals surface area (Å²) in [6.07, 6.45) is -12.0. The summed E-state index contributed by atoms with van der Waals surface area (Å²) in [5.41, 5.74) is 0. The molecule has 1 atom stereocenters. The molecule has 0 saturated carbocycles. The predicted molar refractivity (Wildman–Crippen MR) is 17.5 cm³/mol. The van der Waals surface area contributed by atoms with E-state index in [9.17, 15) is 22.0 Å². The zero-order valence-corrected chi connectivity index (χ0v) is 3.91. The van der Waals surface area contributed by atoms with Gasteiger partial charge in [0.1, 0.15) is 0 Å². The molecule has 0 rings (SSSR count). The molecule has 9 heavy (non-hydrogen) atoms. The Morgan fingerprint density at radius 1 is 1.33 bits per heavy atom. The second-order valence-electron chi connectivity index (χ2n) is 1.18. The maximum absolute atomic E-state index is 11.2. The van der Waals surface area contributed by atoms with Gasteiger partial charge in [0.25, 0.3) is 0 Å². The molecule has 1 unspecified atom stereocenters. The Labute approximate surface area is 47.1 Å². The molecule has 1 radical (unpaired) electrons. The van der Waals surface area contributed by atoms with Gasteiger partial charge < -0.3 is 5.11 Å². The molecular weight excluding hydrogens is 147 g/mol. The van der Waals surface area contributed by atoms with Crippen molar-refractivity contribution in [1.29, 1.82) is 0 Å². The lowest BCUT2D eigenvalue weighted by atomic mass is 10.4. The second-order valence-corrected chi connectivity index (χ2v) is 1.18. The van der Waals surface area contributed by atoms with Crippen LogP contribution in [-0.4, -0.2) is 17.6 Å². The van der Waals surface area contributed by atoms with Crippen molar-refractivity contribution in [3.05, 3.63) is 6.17 Å². The highest BCUT2D eigenvalue weighted by atomic mass is 19.4. The summed E-state index contributed by atoms with van der Waals surface area (Å²) in [4.78, 5) is 0. The molecule has 0 aliphatic carbocycles. The lowest BCUT2D eigenvalue weighted by Crippen LogP contribution is -2.25. The molecule has 0 aliphatic heterocycles. The van der Waals surface area contributed by atoms with Gasteiger partial charge in [-0.3, -0.25) is 0 Å². The number of hydrogen-bond donors (Lipinski definition) is 1. The van der Waals surface area contributed by atoms with Crippen molar-refractivity contribution in [3.63, 3.8) is 0 Å². The number of alkyl halides is 4. The first-order chi connectivity index (χ1) is 3.85. The largest absolute Gasteiger partial charge is 0.431 e. The summed E-state index contributed by atoms with van der Waals surface area (Å²) >= 11 is 0. The number of aliphatic hydroxyl groups is 1. The smallest absolute Gasteiger partial charge is 0.361 e. The summed E-state index contributed by atoms with van der Waals surface area (Å²) in [6.45, 7) is 0. The van der Waals surface area contributed by atoms with Crippen LogP contribution in [0.5, 0.6) is 0 Å². The number of hydrogen-bond acceptors (Lipinski definition) is 1. The maximum Gasteiger partial charge on any atom is 0.431 e. The Bertz CT molecular complexity index is 86.7. The molecule has 0 aromatic carbocycles. The number of halogens is 5. The van der Waals surface area contributed by atoms with E-state index >= 15 is 0 Å². The van der Waals surface area contributed by atoms with Crippen molar-refractivity contribution in [3.8, 4) is 0 Å². The van der Waals surface area contributed by atoms with Crippen LogP contribution in [0.3, 0.4) is 0 Å². The molecule has 0 amide bonds. The van der Waals surface area contributed by atoms with Crippen molar-refractivity contribution in [2.75, 3.05) is 0 Å². The van der Waals surface area contributed by atoms with E-state index in [2.05, 4.69) is 0 Å². The van der Waals surface area contributed by atoms with E-state index in [1.54, 1.807) is 0 Å². The average molecular weight is 149 g/mol. The molecule has 0 aromatic heterocycles. The molecule has 0 bridgehead atoms. The van der Waals surface area contributed by atoms with Gasteiger partial charge in [-0.25, -0.2) is 8.78 Å². The van der Waals surface area contributed by atoms with E-state index in [1.165, 1.54) is 0 Å². The second kappa shape index (κ2) is 2.47. The molecule has 0 aliphatic rings. The molecule has 0 aromatic rings. The highest BCUT2D eigenvalue weighted by molar-refractivity contribution is 4.87. The Morgan fingerprint density at radius 3 is 1.67 bits per heavy atom. The highest BCUT2D eigenvalue weighted by Crippen LogP contribution is 2.32. The molecule has 0 saturated heterocycles. The molecule has 1 N–H and O–H groups in total. The molecular formula is C3H2F5O. The van der Waals surface area contributed by atoms with Crippen molar-refractivity contribution in [1.82, 2.24) is 0 Å². The van der Waals surface area contributed by atoms with Crippen LogP contribution in [0, 0.1) is 6.17 Å². The van der Waals surface area contributed by atoms with Crippen LogP contribution < -0.4 is 0 Å². The summed E-state index contributed by atoms with van der Waals surface area (Å²) < 4.78 is 54.9. The third-order valence-electron chi connectivity index (χ3n) is 0.480. The zero-order valence-electron chi connectivity index (χ0n) is 3.91. The van der Waals surface area contributed by atoms with E-state index in [0.29, 0.717) is 0 Å². The summed E-state index contributed by atoms with van der Waals surface area (Å²) in [6, 6.07) is 0. The first-order valence-corrected chi connectivity index (χ1v) is 1.77. The van der Waals surface area contributed by atoms with Crippen molar-refractivity contribution < 1.29 is 27.1 Å². The maximum atomic E-state index is 11.2. The number of rotatable bonds is 1. The van der Waals surface area contributed by atoms with Crippen LogP contribution >= 0.6 is 0 Å². The minimum Gasteiger partial charge on any atom is -0.361 e. The van der Waals surface area contributed by atoms with Crippen LogP contribution in [0.25, 0.3) is 0 Å². The summed E-state index contributed by atoms with van der Waals surface area (Å²) in [7, 11) is 0. The first-order valence-electron chi connectivity index (χ1n) is 1.77. The monoisotopic (exact) mass is 149 g/mol. The van der Waals surface area contributed by atoms with Crippen LogP contribution in [0.2, 0.25) is 0 Å². The molecule has 0 heterocycles. The lowest BCUT2D eigenvalue weighted by Gasteiger charge is -2.09. The topological polar surface area (TPSA) is 20.2 Å².